The molecule has 0 spiro atoms. The molecule has 1 heteroatoms. The Balaban J connectivity index is 2.46. The summed E-state index contributed by atoms with van der Waals surface area (Å²) in [4.78, 5) is 4.67. The summed E-state index contributed by atoms with van der Waals surface area (Å²) in [6, 6.07) is 16.7. The van der Waals surface area contributed by atoms with E-state index in [1.165, 1.54) is 16.3 Å². The zero-order chi connectivity index (χ0) is 11.0. The molecule has 0 saturated heterocycles. The van der Waals surface area contributed by atoms with Crippen molar-refractivity contribution in [3.05, 3.63) is 60.5 Å². The van der Waals surface area contributed by atoms with Gasteiger partial charge in [0.25, 0.3) is 0 Å². The number of pyridine rings is 1. The third-order valence-electron chi connectivity index (χ3n) is 2.91. The number of fused-ring (bicyclic) bond motifs is 2. The van der Waals surface area contributed by atoms with Gasteiger partial charge in [0.2, 0.25) is 0 Å². The van der Waals surface area contributed by atoms with Crippen LogP contribution in [0.2, 0.25) is 0 Å². The molecule has 0 bridgehead atoms. The minimum absolute atomic E-state index is 1.06. The van der Waals surface area contributed by atoms with Crippen molar-refractivity contribution < 1.29 is 0 Å². The van der Waals surface area contributed by atoms with Gasteiger partial charge in [-0.2, -0.15) is 0 Å². The van der Waals surface area contributed by atoms with E-state index in [1.807, 2.05) is 12.1 Å². The van der Waals surface area contributed by atoms with Crippen molar-refractivity contribution in [1.29, 1.82) is 0 Å². The van der Waals surface area contributed by atoms with Crippen LogP contribution >= 0.6 is 0 Å². The summed E-state index contributed by atoms with van der Waals surface area (Å²) in [6.07, 6.45) is 2.12. The summed E-state index contributed by atoms with van der Waals surface area (Å²) in [7, 11) is 0. The van der Waals surface area contributed by atoms with E-state index in [-0.39, 0.29) is 0 Å². The van der Waals surface area contributed by atoms with E-state index in [2.05, 4.69) is 54.7 Å². The number of nitrogens with zero attached hydrogens (tertiary/aromatic N) is 1. The average Bonchev–Trinajstić information content (AvgIpc) is 2.35. The number of para-hydroxylation sites is 1. The van der Waals surface area contributed by atoms with Gasteiger partial charge in [0, 0.05) is 10.8 Å². The average molecular weight is 206 g/mol. The molecule has 0 saturated carbocycles. The minimum Gasteiger partial charge on any atom is -0.248 e. The molecule has 3 aromatic rings. The molecule has 1 nitrogen and oxygen atoms in total. The molecule has 0 fully saturated rings. The van der Waals surface area contributed by atoms with Crippen LogP contribution in [0.5, 0.6) is 0 Å². The number of benzene rings is 2. The first-order valence-electron chi connectivity index (χ1n) is 5.46. The second kappa shape index (κ2) is 3.60. The fourth-order valence-corrected chi connectivity index (χ4v) is 2.07. The summed E-state index contributed by atoms with van der Waals surface area (Å²) in [5.41, 5.74) is 3.37. The fraction of sp³-hybridized carbons (Fsp3) is 0.0667. The molecule has 0 aliphatic heterocycles. The molecule has 3 rings (SSSR count). The maximum atomic E-state index is 4.67. The van der Waals surface area contributed by atoms with Crippen LogP contribution in [0, 0.1) is 6.42 Å². The molecule has 1 heterocycles. The highest BCUT2D eigenvalue weighted by atomic mass is 14.7. The van der Waals surface area contributed by atoms with Crippen molar-refractivity contribution >= 4 is 21.8 Å². The van der Waals surface area contributed by atoms with E-state index in [0.29, 0.717) is 0 Å². The number of hydrogen-bond donors (Lipinski definition) is 0. The second-order valence-electron chi connectivity index (χ2n) is 3.88. The number of rotatable bonds is 1. The van der Waals surface area contributed by atoms with E-state index >= 15 is 0 Å². The quantitative estimate of drug-likeness (QED) is 0.549. The lowest BCUT2D eigenvalue weighted by molar-refractivity contribution is 1.43. The van der Waals surface area contributed by atoms with Crippen molar-refractivity contribution in [2.45, 2.75) is 6.92 Å². The molecule has 77 valence electrons. The largest absolute Gasteiger partial charge is 0.248 e. The van der Waals surface area contributed by atoms with Crippen molar-refractivity contribution in [2.75, 3.05) is 0 Å². The van der Waals surface area contributed by atoms with Crippen LogP contribution in [0.25, 0.3) is 21.8 Å². The Morgan fingerprint density at radius 1 is 0.938 bits per heavy atom. The van der Waals surface area contributed by atoms with Crippen molar-refractivity contribution in [2.24, 2.45) is 0 Å². The van der Waals surface area contributed by atoms with Crippen LogP contribution in [0.15, 0.2) is 48.5 Å². The lowest BCUT2D eigenvalue weighted by atomic mass is 10.0. The summed E-state index contributed by atoms with van der Waals surface area (Å²) in [5, 5.41) is 2.42. The molecule has 0 amide bonds. The minimum atomic E-state index is 1.06. The highest BCUT2D eigenvalue weighted by molar-refractivity contribution is 5.94. The lowest BCUT2D eigenvalue weighted by Crippen LogP contribution is -1.86. The molecular formula is C15H12N. The molecule has 0 atom stereocenters. The number of hydrogen-bond acceptors (Lipinski definition) is 1. The molecule has 0 N–H and O–H groups in total. The van der Waals surface area contributed by atoms with Crippen molar-refractivity contribution in [3.63, 3.8) is 0 Å². The highest BCUT2D eigenvalue weighted by Crippen LogP contribution is 2.23. The normalized spacial score (nSPS) is 11.1. The Morgan fingerprint density at radius 2 is 1.75 bits per heavy atom. The molecule has 0 unspecified atom stereocenters. The first kappa shape index (κ1) is 9.34. The zero-order valence-corrected chi connectivity index (χ0v) is 9.14. The topological polar surface area (TPSA) is 12.9 Å². The molecule has 0 aliphatic carbocycles. The van der Waals surface area contributed by atoms with Gasteiger partial charge in [-0.15, -0.1) is 0 Å². The predicted octanol–water partition coefficient (Wildman–Crippen LogP) is 3.96. The van der Waals surface area contributed by atoms with Crippen LogP contribution in [0.4, 0.5) is 0 Å². The summed E-state index contributed by atoms with van der Waals surface area (Å²) >= 11 is 0. The van der Waals surface area contributed by atoms with Crippen molar-refractivity contribution in [1.82, 2.24) is 4.98 Å². The van der Waals surface area contributed by atoms with Gasteiger partial charge in [0.15, 0.2) is 0 Å². The Labute approximate surface area is 94.7 Å². The van der Waals surface area contributed by atoms with Gasteiger partial charge in [-0.1, -0.05) is 37.3 Å². The van der Waals surface area contributed by atoms with Crippen LogP contribution in [0.1, 0.15) is 12.5 Å². The predicted molar refractivity (Wildman–Crippen MR) is 68.3 cm³/mol. The van der Waals surface area contributed by atoms with E-state index in [4.69, 9.17) is 0 Å². The molecule has 1 radical (unpaired) electrons. The monoisotopic (exact) mass is 206 g/mol. The Kier molecular flexibility index (Phi) is 2.10. The fourth-order valence-electron chi connectivity index (χ4n) is 2.07. The van der Waals surface area contributed by atoms with Gasteiger partial charge >= 0.3 is 0 Å². The maximum Gasteiger partial charge on any atom is 0.0712 e. The summed E-state index contributed by atoms with van der Waals surface area (Å²) in [6.45, 7) is 2.06. The Morgan fingerprint density at radius 3 is 2.62 bits per heavy atom. The Hall–Kier alpha value is -1.89. The van der Waals surface area contributed by atoms with Gasteiger partial charge in [0.1, 0.15) is 0 Å². The van der Waals surface area contributed by atoms with E-state index < -0.39 is 0 Å². The van der Waals surface area contributed by atoms with Gasteiger partial charge < -0.3 is 0 Å². The van der Waals surface area contributed by atoms with E-state index in [1.54, 1.807) is 0 Å². The highest BCUT2D eigenvalue weighted by Gasteiger charge is 2.02. The smallest absolute Gasteiger partial charge is 0.0712 e. The second-order valence-corrected chi connectivity index (χ2v) is 3.88. The third kappa shape index (κ3) is 1.36. The summed E-state index contributed by atoms with van der Waals surface area (Å²) < 4.78 is 0. The van der Waals surface area contributed by atoms with Gasteiger partial charge in [-0.25, -0.2) is 4.98 Å². The Bertz CT molecular complexity index is 656. The first-order valence-corrected chi connectivity index (χ1v) is 5.46. The standard InChI is InChI=1S/C15H12N/c1-2-11-7-5-9-15-13(11)10-12-6-3-4-8-14(12)16-15/h2-10H,1H3. The third-order valence-corrected chi connectivity index (χ3v) is 2.91. The molecule has 2 aromatic carbocycles. The molecule has 16 heavy (non-hydrogen) atoms. The van der Waals surface area contributed by atoms with E-state index in [0.717, 1.165) is 11.0 Å². The van der Waals surface area contributed by atoms with Crippen molar-refractivity contribution in [3.8, 4) is 0 Å². The summed E-state index contributed by atoms with van der Waals surface area (Å²) in [5.74, 6) is 0. The van der Waals surface area contributed by atoms with Gasteiger partial charge in [0.05, 0.1) is 11.0 Å². The molecular weight excluding hydrogens is 194 g/mol. The van der Waals surface area contributed by atoms with Crippen LogP contribution < -0.4 is 0 Å². The van der Waals surface area contributed by atoms with Crippen LogP contribution in [0.3, 0.4) is 0 Å². The molecule has 1 aromatic heterocycles. The lowest BCUT2D eigenvalue weighted by Gasteiger charge is -2.05. The first-order chi connectivity index (χ1) is 7.88. The maximum absolute atomic E-state index is 4.67. The SMILES string of the molecule is C[CH]c1cccc2nc3ccccc3cc12. The van der Waals surface area contributed by atoms with Gasteiger partial charge in [-0.05, 0) is 30.2 Å². The zero-order valence-electron chi connectivity index (χ0n) is 9.14. The molecule has 0 aliphatic rings. The number of aromatic nitrogens is 1. The van der Waals surface area contributed by atoms with Crippen LogP contribution in [-0.4, -0.2) is 4.98 Å². The van der Waals surface area contributed by atoms with E-state index in [9.17, 15) is 0 Å². The van der Waals surface area contributed by atoms with Gasteiger partial charge in [-0.3, -0.25) is 0 Å². The van der Waals surface area contributed by atoms with Crippen LogP contribution in [-0.2, 0) is 0 Å².